The number of hydrogen-bond donors (Lipinski definition) is 1. The molecule has 2 heteroatoms. The minimum absolute atomic E-state index is 0.731. The van der Waals surface area contributed by atoms with Gasteiger partial charge in [0, 0.05) is 27.4 Å². The van der Waals surface area contributed by atoms with Crippen LogP contribution in [0.3, 0.4) is 0 Å². The van der Waals surface area contributed by atoms with Gasteiger partial charge in [0.2, 0.25) is 0 Å². The van der Waals surface area contributed by atoms with Crippen LogP contribution in [-0.2, 0) is 0 Å². The van der Waals surface area contributed by atoms with Crippen LogP contribution in [0.4, 0.5) is 5.69 Å². The molecule has 6 aromatic rings. The average Bonchev–Trinajstić information content (AvgIpc) is 2.77. The van der Waals surface area contributed by atoms with Crippen molar-refractivity contribution in [1.29, 1.82) is 0 Å². The van der Waals surface area contributed by atoms with E-state index < -0.39 is 0 Å². The molecule has 29 heavy (non-hydrogen) atoms. The number of rotatable bonds is 1. The van der Waals surface area contributed by atoms with Crippen LogP contribution in [0.15, 0.2) is 97.1 Å². The summed E-state index contributed by atoms with van der Waals surface area (Å²) >= 11 is 0. The molecule has 0 aliphatic carbocycles. The highest BCUT2D eigenvalue weighted by Crippen LogP contribution is 2.38. The summed E-state index contributed by atoms with van der Waals surface area (Å²) in [5.74, 6) is 0. The van der Waals surface area contributed by atoms with Crippen LogP contribution < -0.4 is 5.73 Å². The van der Waals surface area contributed by atoms with E-state index in [1.165, 1.54) is 27.3 Å². The highest BCUT2D eigenvalue weighted by atomic mass is 14.7. The van der Waals surface area contributed by atoms with Crippen LogP contribution in [0.5, 0.6) is 0 Å². The van der Waals surface area contributed by atoms with Crippen molar-refractivity contribution in [2.45, 2.75) is 0 Å². The predicted octanol–water partition coefficient (Wildman–Crippen LogP) is 6.94. The molecule has 0 saturated heterocycles. The number of fused-ring (bicyclic) bond motifs is 5. The third-order valence-electron chi connectivity index (χ3n) is 5.73. The van der Waals surface area contributed by atoms with E-state index in [1.54, 1.807) is 0 Å². The van der Waals surface area contributed by atoms with Gasteiger partial charge in [0.1, 0.15) is 0 Å². The first kappa shape index (κ1) is 16.1. The minimum atomic E-state index is 0.731. The van der Waals surface area contributed by atoms with Crippen molar-refractivity contribution in [3.8, 4) is 11.1 Å². The quantitative estimate of drug-likeness (QED) is 0.193. The molecule has 0 bridgehead atoms. The topological polar surface area (TPSA) is 38.9 Å². The molecule has 5 aromatic carbocycles. The molecule has 0 spiro atoms. The Bertz CT molecular complexity index is 1560. The maximum Gasteiger partial charge on any atom is 0.0794 e. The lowest BCUT2D eigenvalue weighted by atomic mass is 9.93. The first-order chi connectivity index (χ1) is 14.3. The number of nitrogens with zero attached hydrogens (tertiary/aromatic N) is 1. The highest BCUT2D eigenvalue weighted by molar-refractivity contribution is 6.17. The van der Waals surface area contributed by atoms with Crippen LogP contribution in [0.1, 0.15) is 0 Å². The number of anilines is 1. The Morgan fingerprint density at radius 2 is 1.28 bits per heavy atom. The van der Waals surface area contributed by atoms with Crippen molar-refractivity contribution >= 4 is 49.0 Å². The van der Waals surface area contributed by atoms with Crippen molar-refractivity contribution in [1.82, 2.24) is 4.98 Å². The Kier molecular flexibility index (Phi) is 3.35. The van der Waals surface area contributed by atoms with Gasteiger partial charge in [-0.25, -0.2) is 4.98 Å². The smallest absolute Gasteiger partial charge is 0.0794 e. The molecular weight excluding hydrogens is 352 g/mol. The summed E-state index contributed by atoms with van der Waals surface area (Å²) in [7, 11) is 0. The number of nitrogen functional groups attached to an aromatic ring is 1. The molecule has 0 aliphatic rings. The molecule has 0 aliphatic heterocycles. The van der Waals surface area contributed by atoms with E-state index in [4.69, 9.17) is 10.7 Å². The van der Waals surface area contributed by atoms with E-state index >= 15 is 0 Å². The maximum absolute atomic E-state index is 6.10. The van der Waals surface area contributed by atoms with Gasteiger partial charge >= 0.3 is 0 Å². The summed E-state index contributed by atoms with van der Waals surface area (Å²) in [6, 6.07) is 34.0. The molecule has 0 saturated carbocycles. The van der Waals surface area contributed by atoms with Crippen molar-refractivity contribution in [2.24, 2.45) is 0 Å². The van der Waals surface area contributed by atoms with Crippen molar-refractivity contribution in [3.05, 3.63) is 97.1 Å². The maximum atomic E-state index is 6.10. The first-order valence-corrected chi connectivity index (χ1v) is 9.78. The second-order valence-electron chi connectivity index (χ2n) is 7.51. The van der Waals surface area contributed by atoms with Crippen LogP contribution >= 0.6 is 0 Å². The fourth-order valence-electron chi connectivity index (χ4n) is 4.35. The largest absolute Gasteiger partial charge is 0.399 e. The molecule has 2 N–H and O–H groups in total. The van der Waals surface area contributed by atoms with Gasteiger partial charge in [0.25, 0.3) is 0 Å². The lowest BCUT2D eigenvalue weighted by molar-refractivity contribution is 1.51. The zero-order valence-corrected chi connectivity index (χ0v) is 15.8. The minimum Gasteiger partial charge on any atom is -0.399 e. The fourth-order valence-corrected chi connectivity index (χ4v) is 4.35. The normalized spacial score (nSPS) is 11.6. The van der Waals surface area contributed by atoms with Gasteiger partial charge < -0.3 is 5.73 Å². The molecule has 1 aromatic heterocycles. The zero-order valence-electron chi connectivity index (χ0n) is 15.8. The molecular formula is C27H18N2. The van der Waals surface area contributed by atoms with Gasteiger partial charge in [-0.15, -0.1) is 0 Å². The molecule has 0 radical (unpaired) electrons. The number of hydrogen-bond acceptors (Lipinski definition) is 2. The Morgan fingerprint density at radius 1 is 0.552 bits per heavy atom. The van der Waals surface area contributed by atoms with Crippen molar-refractivity contribution in [3.63, 3.8) is 0 Å². The van der Waals surface area contributed by atoms with E-state index in [2.05, 4.69) is 84.9 Å². The van der Waals surface area contributed by atoms with Crippen LogP contribution in [0.25, 0.3) is 54.5 Å². The second-order valence-corrected chi connectivity index (χ2v) is 7.51. The van der Waals surface area contributed by atoms with Gasteiger partial charge in [-0.2, -0.15) is 0 Å². The van der Waals surface area contributed by atoms with Crippen LogP contribution in [0.2, 0.25) is 0 Å². The summed E-state index contributed by atoms with van der Waals surface area (Å²) in [5.41, 5.74) is 11.2. The SMILES string of the molecule is Nc1ccc2c(-c3ccc4ccccc4c3)c3ccc4ccccc4c3nc2c1. The standard InChI is InChI=1S/C27H18N2/c28-21-12-14-23-25(16-21)29-27-22-8-4-3-6-18(22)11-13-24(27)26(23)20-10-9-17-5-1-2-7-19(17)15-20/h1-16H,28H2. The molecule has 1 heterocycles. The molecule has 0 atom stereocenters. The Labute approximate surface area is 168 Å². The molecule has 2 nitrogen and oxygen atoms in total. The van der Waals surface area contributed by atoms with Crippen LogP contribution in [0, 0.1) is 0 Å². The lowest BCUT2D eigenvalue weighted by Crippen LogP contribution is -1.92. The molecule has 0 fully saturated rings. The van der Waals surface area contributed by atoms with Gasteiger partial charge in [0.05, 0.1) is 11.0 Å². The third kappa shape index (κ3) is 2.46. The van der Waals surface area contributed by atoms with E-state index in [-0.39, 0.29) is 0 Å². The van der Waals surface area contributed by atoms with E-state index in [0.717, 1.165) is 32.9 Å². The van der Waals surface area contributed by atoms with Gasteiger partial charge in [-0.3, -0.25) is 0 Å². The van der Waals surface area contributed by atoms with Gasteiger partial charge in [-0.05, 0) is 39.9 Å². The van der Waals surface area contributed by atoms with Crippen molar-refractivity contribution < 1.29 is 0 Å². The Morgan fingerprint density at radius 3 is 2.17 bits per heavy atom. The molecule has 0 unspecified atom stereocenters. The lowest BCUT2D eigenvalue weighted by Gasteiger charge is -2.14. The Hall–Kier alpha value is -3.91. The summed E-state index contributed by atoms with van der Waals surface area (Å²) < 4.78 is 0. The monoisotopic (exact) mass is 370 g/mol. The van der Waals surface area contributed by atoms with Gasteiger partial charge in [-0.1, -0.05) is 78.9 Å². The number of aromatic nitrogens is 1. The van der Waals surface area contributed by atoms with Crippen LogP contribution in [-0.4, -0.2) is 4.98 Å². The van der Waals surface area contributed by atoms with Crippen molar-refractivity contribution in [2.75, 3.05) is 5.73 Å². The first-order valence-electron chi connectivity index (χ1n) is 9.78. The molecule has 0 amide bonds. The number of nitrogens with two attached hydrogens (primary N) is 1. The fraction of sp³-hybridized carbons (Fsp3) is 0. The second kappa shape index (κ2) is 6.05. The molecule has 6 rings (SSSR count). The van der Waals surface area contributed by atoms with E-state index in [9.17, 15) is 0 Å². The number of pyridine rings is 1. The summed E-state index contributed by atoms with van der Waals surface area (Å²) in [4.78, 5) is 5.04. The zero-order chi connectivity index (χ0) is 19.4. The summed E-state index contributed by atoms with van der Waals surface area (Å²) in [5, 5.41) is 7.12. The Balaban J connectivity index is 1.81. The molecule has 136 valence electrons. The average molecular weight is 370 g/mol. The summed E-state index contributed by atoms with van der Waals surface area (Å²) in [6.45, 7) is 0. The number of benzene rings is 5. The van der Waals surface area contributed by atoms with E-state index in [0.29, 0.717) is 0 Å². The predicted molar refractivity (Wildman–Crippen MR) is 124 cm³/mol. The van der Waals surface area contributed by atoms with Gasteiger partial charge in [0.15, 0.2) is 0 Å². The third-order valence-corrected chi connectivity index (χ3v) is 5.73. The highest BCUT2D eigenvalue weighted by Gasteiger charge is 2.14. The van der Waals surface area contributed by atoms with E-state index in [1.807, 2.05) is 12.1 Å². The summed E-state index contributed by atoms with van der Waals surface area (Å²) in [6.07, 6.45) is 0.